The summed E-state index contributed by atoms with van der Waals surface area (Å²) in [6.45, 7) is 6.58. The fourth-order valence-corrected chi connectivity index (χ4v) is 1.87. The van der Waals surface area contributed by atoms with Crippen molar-refractivity contribution >= 4 is 11.6 Å². The van der Waals surface area contributed by atoms with E-state index < -0.39 is 0 Å². The standard InChI is InChI=1S/C13H19ClO/c1-9(2)10(3)13(14)11-5-7-12(15-4)8-6-11/h5-10,13H,1-4H3. The van der Waals surface area contributed by atoms with Crippen molar-refractivity contribution in [1.82, 2.24) is 0 Å². The van der Waals surface area contributed by atoms with Gasteiger partial charge < -0.3 is 4.74 Å². The van der Waals surface area contributed by atoms with Crippen molar-refractivity contribution in [2.45, 2.75) is 26.1 Å². The molecule has 0 amide bonds. The first-order valence-corrected chi connectivity index (χ1v) is 5.78. The summed E-state index contributed by atoms with van der Waals surface area (Å²) in [5, 5.41) is 0.0795. The first-order chi connectivity index (χ1) is 7.06. The van der Waals surface area contributed by atoms with Crippen LogP contribution in [0.4, 0.5) is 0 Å². The Morgan fingerprint density at radius 1 is 1.07 bits per heavy atom. The minimum Gasteiger partial charge on any atom is -0.497 e. The molecule has 2 atom stereocenters. The highest BCUT2D eigenvalue weighted by atomic mass is 35.5. The molecule has 2 unspecified atom stereocenters. The summed E-state index contributed by atoms with van der Waals surface area (Å²) < 4.78 is 5.11. The SMILES string of the molecule is COc1ccc(C(Cl)C(C)C(C)C)cc1. The largest absolute Gasteiger partial charge is 0.497 e. The van der Waals surface area contributed by atoms with E-state index in [2.05, 4.69) is 20.8 Å². The molecule has 0 bridgehead atoms. The molecule has 2 heteroatoms. The summed E-state index contributed by atoms with van der Waals surface area (Å²) in [7, 11) is 1.67. The molecule has 0 aliphatic carbocycles. The monoisotopic (exact) mass is 226 g/mol. The van der Waals surface area contributed by atoms with Crippen LogP contribution in [0.2, 0.25) is 0 Å². The molecule has 1 aromatic rings. The normalized spacial score (nSPS) is 15.1. The van der Waals surface area contributed by atoms with Crippen molar-refractivity contribution in [1.29, 1.82) is 0 Å². The molecule has 0 aliphatic rings. The van der Waals surface area contributed by atoms with E-state index in [1.54, 1.807) is 7.11 Å². The quantitative estimate of drug-likeness (QED) is 0.697. The van der Waals surface area contributed by atoms with Crippen molar-refractivity contribution in [2.24, 2.45) is 11.8 Å². The molecule has 1 nitrogen and oxygen atoms in total. The van der Waals surface area contributed by atoms with Crippen LogP contribution in [0.5, 0.6) is 5.75 Å². The van der Waals surface area contributed by atoms with Gasteiger partial charge in [0, 0.05) is 0 Å². The van der Waals surface area contributed by atoms with Gasteiger partial charge in [-0.3, -0.25) is 0 Å². The number of rotatable bonds is 4. The predicted molar refractivity (Wildman–Crippen MR) is 65.6 cm³/mol. The van der Waals surface area contributed by atoms with Gasteiger partial charge in [-0.25, -0.2) is 0 Å². The first kappa shape index (κ1) is 12.4. The zero-order valence-corrected chi connectivity index (χ0v) is 10.6. The van der Waals surface area contributed by atoms with Gasteiger partial charge in [0.2, 0.25) is 0 Å². The Labute approximate surface area is 97.4 Å². The van der Waals surface area contributed by atoms with Crippen molar-refractivity contribution in [3.05, 3.63) is 29.8 Å². The van der Waals surface area contributed by atoms with Gasteiger partial charge >= 0.3 is 0 Å². The number of hydrogen-bond donors (Lipinski definition) is 0. The lowest BCUT2D eigenvalue weighted by Crippen LogP contribution is -2.10. The van der Waals surface area contributed by atoms with E-state index in [1.807, 2.05) is 24.3 Å². The van der Waals surface area contributed by atoms with Crippen molar-refractivity contribution < 1.29 is 4.74 Å². The van der Waals surface area contributed by atoms with Gasteiger partial charge in [0.15, 0.2) is 0 Å². The van der Waals surface area contributed by atoms with Crippen LogP contribution in [0, 0.1) is 11.8 Å². The van der Waals surface area contributed by atoms with E-state index >= 15 is 0 Å². The minimum atomic E-state index is 0.0795. The summed E-state index contributed by atoms with van der Waals surface area (Å²) in [6.07, 6.45) is 0. The molecule has 0 radical (unpaired) electrons. The summed E-state index contributed by atoms with van der Waals surface area (Å²) in [6, 6.07) is 7.99. The lowest BCUT2D eigenvalue weighted by molar-refractivity contribution is 0.403. The zero-order chi connectivity index (χ0) is 11.4. The second-order valence-electron chi connectivity index (χ2n) is 4.28. The number of ether oxygens (including phenoxy) is 1. The van der Waals surface area contributed by atoms with E-state index in [0.29, 0.717) is 11.8 Å². The van der Waals surface area contributed by atoms with Crippen LogP contribution in [0.15, 0.2) is 24.3 Å². The molecule has 84 valence electrons. The van der Waals surface area contributed by atoms with E-state index in [1.165, 1.54) is 5.56 Å². The maximum absolute atomic E-state index is 6.41. The van der Waals surface area contributed by atoms with Gasteiger partial charge in [-0.2, -0.15) is 0 Å². The molecular weight excluding hydrogens is 208 g/mol. The van der Waals surface area contributed by atoms with Gasteiger partial charge in [-0.15, -0.1) is 11.6 Å². The molecule has 0 spiro atoms. The van der Waals surface area contributed by atoms with Gasteiger partial charge in [-0.05, 0) is 29.5 Å². The smallest absolute Gasteiger partial charge is 0.118 e. The Morgan fingerprint density at radius 2 is 1.60 bits per heavy atom. The Kier molecular flexibility index (Phi) is 4.46. The minimum absolute atomic E-state index is 0.0795. The van der Waals surface area contributed by atoms with Crippen molar-refractivity contribution in [3.8, 4) is 5.75 Å². The van der Waals surface area contributed by atoms with Gasteiger partial charge in [-0.1, -0.05) is 32.9 Å². The van der Waals surface area contributed by atoms with Crippen LogP contribution in [-0.2, 0) is 0 Å². The number of benzene rings is 1. The third kappa shape index (κ3) is 3.13. The zero-order valence-electron chi connectivity index (χ0n) is 9.83. The molecule has 0 heterocycles. The maximum atomic E-state index is 6.41. The third-order valence-corrected chi connectivity index (χ3v) is 3.60. The van der Waals surface area contributed by atoms with Crippen molar-refractivity contribution in [2.75, 3.05) is 7.11 Å². The van der Waals surface area contributed by atoms with Crippen LogP contribution >= 0.6 is 11.6 Å². The van der Waals surface area contributed by atoms with Gasteiger partial charge in [0.1, 0.15) is 5.75 Å². The third-order valence-electron chi connectivity index (χ3n) is 2.95. The maximum Gasteiger partial charge on any atom is 0.118 e. The lowest BCUT2D eigenvalue weighted by Gasteiger charge is -2.21. The van der Waals surface area contributed by atoms with Crippen LogP contribution in [0.3, 0.4) is 0 Å². The number of halogens is 1. The van der Waals surface area contributed by atoms with E-state index in [-0.39, 0.29) is 5.38 Å². The average Bonchev–Trinajstić information content (AvgIpc) is 2.27. The van der Waals surface area contributed by atoms with E-state index in [4.69, 9.17) is 16.3 Å². The number of methoxy groups -OCH3 is 1. The Bertz CT molecular complexity index is 292. The summed E-state index contributed by atoms with van der Waals surface area (Å²) >= 11 is 6.41. The summed E-state index contributed by atoms with van der Waals surface area (Å²) in [5.41, 5.74) is 1.17. The summed E-state index contributed by atoms with van der Waals surface area (Å²) in [4.78, 5) is 0. The molecule has 15 heavy (non-hydrogen) atoms. The Hall–Kier alpha value is -0.690. The number of alkyl halides is 1. The highest BCUT2D eigenvalue weighted by molar-refractivity contribution is 6.21. The molecule has 0 fully saturated rings. The van der Waals surface area contributed by atoms with Crippen molar-refractivity contribution in [3.63, 3.8) is 0 Å². The number of hydrogen-bond acceptors (Lipinski definition) is 1. The molecule has 1 rings (SSSR count). The fraction of sp³-hybridized carbons (Fsp3) is 0.538. The van der Waals surface area contributed by atoms with Crippen LogP contribution in [0.1, 0.15) is 31.7 Å². The average molecular weight is 227 g/mol. The molecule has 0 saturated heterocycles. The first-order valence-electron chi connectivity index (χ1n) is 5.34. The Balaban J connectivity index is 2.78. The van der Waals surface area contributed by atoms with Crippen LogP contribution < -0.4 is 4.74 Å². The van der Waals surface area contributed by atoms with Crippen LogP contribution in [0.25, 0.3) is 0 Å². The molecule has 0 aliphatic heterocycles. The second-order valence-corrected chi connectivity index (χ2v) is 4.75. The molecular formula is C13H19ClO. The van der Waals surface area contributed by atoms with Gasteiger partial charge in [0.25, 0.3) is 0 Å². The predicted octanol–water partition coefficient (Wildman–Crippen LogP) is 4.27. The highest BCUT2D eigenvalue weighted by Crippen LogP contribution is 2.33. The van der Waals surface area contributed by atoms with Gasteiger partial charge in [0.05, 0.1) is 12.5 Å². The van der Waals surface area contributed by atoms with E-state index in [9.17, 15) is 0 Å². The van der Waals surface area contributed by atoms with Crippen LogP contribution in [-0.4, -0.2) is 7.11 Å². The lowest BCUT2D eigenvalue weighted by atomic mass is 9.90. The van der Waals surface area contributed by atoms with E-state index in [0.717, 1.165) is 5.75 Å². The summed E-state index contributed by atoms with van der Waals surface area (Å²) in [5.74, 6) is 1.94. The Morgan fingerprint density at radius 3 is 2.00 bits per heavy atom. The molecule has 0 saturated carbocycles. The molecule has 0 N–H and O–H groups in total. The topological polar surface area (TPSA) is 9.23 Å². The molecule has 0 aromatic heterocycles. The fourth-order valence-electron chi connectivity index (χ4n) is 1.43. The molecule has 1 aromatic carbocycles. The second kappa shape index (κ2) is 5.41. The highest BCUT2D eigenvalue weighted by Gasteiger charge is 2.19.